The van der Waals surface area contributed by atoms with Gasteiger partial charge in [0.1, 0.15) is 11.5 Å². The number of carbonyl (C=O) groups is 1. The Morgan fingerprint density at radius 1 is 1.61 bits per heavy atom. The van der Waals surface area contributed by atoms with Crippen molar-refractivity contribution in [3.8, 4) is 0 Å². The number of nitrogen functional groups attached to an aromatic ring is 1. The van der Waals surface area contributed by atoms with Crippen molar-refractivity contribution in [2.24, 2.45) is 0 Å². The number of hydrogen-bond donors (Lipinski definition) is 3. The Kier molecular flexibility index (Phi) is 3.93. The molecule has 4 N–H and O–H groups in total. The van der Waals surface area contributed by atoms with Crippen molar-refractivity contribution in [2.75, 3.05) is 12.3 Å². The quantitative estimate of drug-likeness (QED) is 0.751. The minimum absolute atomic E-state index is 0.202. The molecule has 0 aliphatic rings. The highest BCUT2D eigenvalue weighted by atomic mass is 32.1. The van der Waals surface area contributed by atoms with Gasteiger partial charge in [-0.25, -0.2) is 4.98 Å². The van der Waals surface area contributed by atoms with Gasteiger partial charge in [-0.3, -0.25) is 9.89 Å². The van der Waals surface area contributed by atoms with Crippen LogP contribution in [0, 0.1) is 0 Å². The number of amides is 1. The van der Waals surface area contributed by atoms with Gasteiger partial charge in [0.15, 0.2) is 0 Å². The number of thiazole rings is 1. The van der Waals surface area contributed by atoms with E-state index in [0.29, 0.717) is 18.1 Å². The fourth-order valence-corrected chi connectivity index (χ4v) is 2.34. The molecule has 0 spiro atoms. The highest BCUT2D eigenvalue weighted by Gasteiger charge is 2.08. The van der Waals surface area contributed by atoms with E-state index < -0.39 is 0 Å². The van der Waals surface area contributed by atoms with Crippen molar-refractivity contribution >= 4 is 23.1 Å². The lowest BCUT2D eigenvalue weighted by molar-refractivity contribution is 0.0949. The first-order valence-corrected chi connectivity index (χ1v) is 6.59. The SMILES string of the molecule is CCc1csc(CCNC(=O)c2cc(N)n[nH]2)n1. The summed E-state index contributed by atoms with van der Waals surface area (Å²) in [7, 11) is 0. The molecule has 0 saturated carbocycles. The average Bonchev–Trinajstić information content (AvgIpc) is 2.98. The van der Waals surface area contributed by atoms with Crippen LogP contribution in [0.25, 0.3) is 0 Å². The molecule has 0 radical (unpaired) electrons. The number of aromatic amines is 1. The van der Waals surface area contributed by atoms with Gasteiger partial charge in [-0.05, 0) is 6.42 Å². The second-order valence-electron chi connectivity index (χ2n) is 3.80. The van der Waals surface area contributed by atoms with Crippen LogP contribution in [0.3, 0.4) is 0 Å². The summed E-state index contributed by atoms with van der Waals surface area (Å²) >= 11 is 1.62. The van der Waals surface area contributed by atoms with E-state index in [0.717, 1.165) is 23.5 Å². The fourth-order valence-electron chi connectivity index (χ4n) is 1.46. The van der Waals surface area contributed by atoms with E-state index in [4.69, 9.17) is 5.73 Å². The molecular formula is C11H15N5OS. The molecule has 6 nitrogen and oxygen atoms in total. The summed E-state index contributed by atoms with van der Waals surface area (Å²) in [5.74, 6) is 0.110. The molecule has 1 amide bonds. The number of nitrogens with one attached hydrogen (secondary N) is 2. The molecule has 2 aromatic heterocycles. The first-order chi connectivity index (χ1) is 8.69. The summed E-state index contributed by atoms with van der Waals surface area (Å²) in [6.45, 7) is 2.62. The van der Waals surface area contributed by atoms with Crippen LogP contribution in [0.2, 0.25) is 0 Å². The van der Waals surface area contributed by atoms with Gasteiger partial charge in [-0.15, -0.1) is 11.3 Å². The minimum Gasteiger partial charge on any atom is -0.382 e. The smallest absolute Gasteiger partial charge is 0.269 e. The predicted octanol–water partition coefficient (Wildman–Crippen LogP) is 0.983. The van der Waals surface area contributed by atoms with Crippen LogP contribution < -0.4 is 11.1 Å². The van der Waals surface area contributed by atoms with Crippen molar-refractivity contribution in [1.82, 2.24) is 20.5 Å². The van der Waals surface area contributed by atoms with Crippen molar-refractivity contribution < 1.29 is 4.79 Å². The predicted molar refractivity (Wildman–Crippen MR) is 70.5 cm³/mol. The lowest BCUT2D eigenvalue weighted by Crippen LogP contribution is -2.26. The Morgan fingerprint density at radius 2 is 2.44 bits per heavy atom. The average molecular weight is 265 g/mol. The number of H-pyrrole nitrogens is 1. The number of nitrogens with two attached hydrogens (primary N) is 1. The number of rotatable bonds is 5. The van der Waals surface area contributed by atoms with Crippen LogP contribution in [0.15, 0.2) is 11.4 Å². The highest BCUT2D eigenvalue weighted by molar-refractivity contribution is 7.09. The number of anilines is 1. The zero-order valence-electron chi connectivity index (χ0n) is 10.1. The van der Waals surface area contributed by atoms with E-state index in [1.165, 1.54) is 6.07 Å². The molecule has 0 unspecified atom stereocenters. The van der Waals surface area contributed by atoms with Gasteiger partial charge in [0.25, 0.3) is 5.91 Å². The summed E-state index contributed by atoms with van der Waals surface area (Å²) in [4.78, 5) is 16.1. The normalized spacial score (nSPS) is 10.5. The summed E-state index contributed by atoms with van der Waals surface area (Å²) in [6.07, 6.45) is 1.68. The van der Waals surface area contributed by atoms with Crippen LogP contribution in [0.1, 0.15) is 28.1 Å². The molecule has 0 saturated heterocycles. The first-order valence-electron chi connectivity index (χ1n) is 5.71. The van der Waals surface area contributed by atoms with E-state index in [1.807, 2.05) is 5.38 Å². The molecule has 0 aliphatic carbocycles. The van der Waals surface area contributed by atoms with Gasteiger partial charge in [-0.1, -0.05) is 6.92 Å². The van der Waals surface area contributed by atoms with Gasteiger partial charge >= 0.3 is 0 Å². The standard InChI is InChI=1S/C11H15N5OS/c1-2-7-6-18-10(14-7)3-4-13-11(17)8-5-9(12)16-15-8/h5-6H,2-4H2,1H3,(H,13,17)(H3,12,15,16). The third kappa shape index (κ3) is 3.07. The number of hydrogen-bond acceptors (Lipinski definition) is 5. The largest absolute Gasteiger partial charge is 0.382 e. The summed E-state index contributed by atoms with van der Waals surface area (Å²) in [6, 6.07) is 1.51. The second kappa shape index (κ2) is 5.63. The Labute approximate surface area is 109 Å². The Morgan fingerprint density at radius 3 is 3.06 bits per heavy atom. The molecule has 0 aliphatic heterocycles. The first kappa shape index (κ1) is 12.6. The molecule has 0 bridgehead atoms. The maximum atomic E-state index is 11.7. The number of carbonyl (C=O) groups excluding carboxylic acids is 1. The Balaban J connectivity index is 1.80. The maximum absolute atomic E-state index is 11.7. The molecule has 18 heavy (non-hydrogen) atoms. The summed E-state index contributed by atoms with van der Waals surface area (Å²) < 4.78 is 0. The summed E-state index contributed by atoms with van der Waals surface area (Å²) in [5, 5.41) is 12.1. The molecule has 96 valence electrons. The number of aryl methyl sites for hydroxylation is 1. The van der Waals surface area contributed by atoms with Crippen molar-refractivity contribution in [3.05, 3.63) is 27.8 Å². The molecular weight excluding hydrogens is 250 g/mol. The van der Waals surface area contributed by atoms with Crippen LogP contribution in [-0.2, 0) is 12.8 Å². The zero-order valence-corrected chi connectivity index (χ0v) is 10.9. The monoisotopic (exact) mass is 265 g/mol. The van der Waals surface area contributed by atoms with E-state index in [2.05, 4.69) is 27.4 Å². The van der Waals surface area contributed by atoms with Crippen molar-refractivity contribution in [2.45, 2.75) is 19.8 Å². The lowest BCUT2D eigenvalue weighted by Gasteiger charge is -2.00. The zero-order chi connectivity index (χ0) is 13.0. The van der Waals surface area contributed by atoms with E-state index in [1.54, 1.807) is 11.3 Å². The maximum Gasteiger partial charge on any atom is 0.269 e. The molecule has 0 fully saturated rings. The third-order valence-electron chi connectivity index (χ3n) is 2.43. The molecule has 2 heterocycles. The second-order valence-corrected chi connectivity index (χ2v) is 4.74. The van der Waals surface area contributed by atoms with Gasteiger partial charge in [0.05, 0.1) is 10.7 Å². The third-order valence-corrected chi connectivity index (χ3v) is 3.39. The summed E-state index contributed by atoms with van der Waals surface area (Å²) in [5.41, 5.74) is 6.90. The van der Waals surface area contributed by atoms with Gasteiger partial charge < -0.3 is 11.1 Å². The highest BCUT2D eigenvalue weighted by Crippen LogP contribution is 2.10. The molecule has 7 heteroatoms. The fraction of sp³-hybridized carbons (Fsp3) is 0.364. The van der Waals surface area contributed by atoms with Crippen LogP contribution >= 0.6 is 11.3 Å². The number of nitrogens with zero attached hydrogens (tertiary/aromatic N) is 2. The van der Waals surface area contributed by atoms with Gasteiger partial charge in [-0.2, -0.15) is 5.10 Å². The molecule has 2 rings (SSSR count). The Hall–Kier alpha value is -1.89. The van der Waals surface area contributed by atoms with Crippen LogP contribution in [0.4, 0.5) is 5.82 Å². The topological polar surface area (TPSA) is 96.7 Å². The van der Waals surface area contributed by atoms with Crippen LogP contribution in [-0.4, -0.2) is 27.6 Å². The van der Waals surface area contributed by atoms with Crippen molar-refractivity contribution in [3.63, 3.8) is 0 Å². The minimum atomic E-state index is -0.202. The van der Waals surface area contributed by atoms with E-state index in [9.17, 15) is 4.79 Å². The molecule has 0 aromatic carbocycles. The van der Waals surface area contributed by atoms with E-state index >= 15 is 0 Å². The van der Waals surface area contributed by atoms with E-state index in [-0.39, 0.29) is 5.91 Å². The molecule has 2 aromatic rings. The Bertz CT molecular complexity index is 533. The van der Waals surface area contributed by atoms with Gasteiger partial charge in [0.2, 0.25) is 0 Å². The molecule has 0 atom stereocenters. The lowest BCUT2D eigenvalue weighted by atomic mass is 10.3. The van der Waals surface area contributed by atoms with Crippen molar-refractivity contribution in [1.29, 1.82) is 0 Å². The van der Waals surface area contributed by atoms with Crippen LogP contribution in [0.5, 0.6) is 0 Å². The number of aromatic nitrogens is 3. The van der Waals surface area contributed by atoms with Gasteiger partial charge in [0, 0.05) is 24.4 Å².